The van der Waals surface area contributed by atoms with Gasteiger partial charge < -0.3 is 10.6 Å². The van der Waals surface area contributed by atoms with Crippen LogP contribution in [0.15, 0.2) is 18.2 Å². The molecule has 0 aliphatic carbocycles. The van der Waals surface area contributed by atoms with Crippen molar-refractivity contribution in [1.82, 2.24) is 4.90 Å². The van der Waals surface area contributed by atoms with Gasteiger partial charge in [0.05, 0.1) is 0 Å². The first-order valence-corrected chi connectivity index (χ1v) is 7.24. The number of anilines is 1. The zero-order chi connectivity index (χ0) is 14.4. The molecule has 0 aromatic heterocycles. The summed E-state index contributed by atoms with van der Waals surface area (Å²) in [5, 5.41) is 0.503. The first-order valence-electron chi connectivity index (χ1n) is 6.86. The van der Waals surface area contributed by atoms with Crippen molar-refractivity contribution < 1.29 is 4.79 Å². The highest BCUT2D eigenvalue weighted by molar-refractivity contribution is 6.31. The number of amides is 1. The van der Waals surface area contributed by atoms with Crippen molar-refractivity contribution in [2.24, 2.45) is 0 Å². The van der Waals surface area contributed by atoms with Crippen LogP contribution in [0.5, 0.6) is 0 Å². The molecule has 106 valence electrons. The molecule has 1 amide bonds. The van der Waals surface area contributed by atoms with Crippen LogP contribution in [0.1, 0.15) is 50.4 Å². The maximum absolute atomic E-state index is 12.6. The lowest BCUT2D eigenvalue weighted by molar-refractivity contribution is 0.0685. The van der Waals surface area contributed by atoms with E-state index in [0.717, 1.165) is 25.8 Å². The maximum Gasteiger partial charge on any atom is 0.254 e. The Morgan fingerprint density at radius 3 is 2.58 bits per heavy atom. The van der Waals surface area contributed by atoms with Crippen LogP contribution in [0.3, 0.4) is 0 Å². The highest BCUT2D eigenvalue weighted by Gasteiger charge is 2.20. The lowest BCUT2D eigenvalue weighted by atomic mass is 10.1. The van der Waals surface area contributed by atoms with E-state index >= 15 is 0 Å². The van der Waals surface area contributed by atoms with Gasteiger partial charge >= 0.3 is 0 Å². The summed E-state index contributed by atoms with van der Waals surface area (Å²) in [6, 6.07) is 5.24. The van der Waals surface area contributed by atoms with E-state index < -0.39 is 0 Å². The van der Waals surface area contributed by atoms with Gasteiger partial charge in [-0.3, -0.25) is 4.79 Å². The first-order chi connectivity index (χ1) is 8.99. The van der Waals surface area contributed by atoms with Crippen LogP contribution in [-0.4, -0.2) is 23.4 Å². The number of carbonyl (C=O) groups is 1. The van der Waals surface area contributed by atoms with Crippen LogP contribution in [0.4, 0.5) is 5.69 Å². The van der Waals surface area contributed by atoms with Crippen molar-refractivity contribution in [2.75, 3.05) is 12.3 Å². The lowest BCUT2D eigenvalue weighted by Crippen LogP contribution is -2.39. The predicted octanol–water partition coefficient (Wildman–Crippen LogP) is 3.96. The fraction of sp³-hybridized carbons (Fsp3) is 0.533. The summed E-state index contributed by atoms with van der Waals surface area (Å²) in [5.41, 5.74) is 6.85. The molecule has 0 heterocycles. The van der Waals surface area contributed by atoms with Crippen LogP contribution >= 0.6 is 11.6 Å². The molecule has 0 aliphatic heterocycles. The van der Waals surface area contributed by atoms with Crippen LogP contribution in [0.2, 0.25) is 5.02 Å². The molecule has 1 aromatic carbocycles. The van der Waals surface area contributed by atoms with Crippen molar-refractivity contribution >= 4 is 23.2 Å². The van der Waals surface area contributed by atoms with Gasteiger partial charge in [-0.2, -0.15) is 0 Å². The Kier molecular flexibility index (Phi) is 6.16. The van der Waals surface area contributed by atoms with E-state index in [-0.39, 0.29) is 11.9 Å². The third-order valence-corrected chi connectivity index (χ3v) is 3.52. The van der Waals surface area contributed by atoms with E-state index in [1.54, 1.807) is 18.2 Å². The second-order valence-electron chi connectivity index (χ2n) is 4.88. The Morgan fingerprint density at radius 2 is 2.05 bits per heavy atom. The third-order valence-electron chi connectivity index (χ3n) is 3.30. The van der Waals surface area contributed by atoms with Crippen LogP contribution < -0.4 is 5.73 Å². The number of halogens is 1. The fourth-order valence-electron chi connectivity index (χ4n) is 1.97. The molecule has 0 spiro atoms. The normalized spacial score (nSPS) is 12.2. The SMILES string of the molecule is CCCCN(C(=O)c1cc(N)cc(Cl)c1)C(C)CC. The van der Waals surface area contributed by atoms with Gasteiger partial charge in [0.2, 0.25) is 0 Å². The average molecular weight is 283 g/mol. The number of nitrogens with zero attached hydrogens (tertiary/aromatic N) is 1. The van der Waals surface area contributed by atoms with Crippen molar-refractivity contribution in [3.63, 3.8) is 0 Å². The number of hydrogen-bond acceptors (Lipinski definition) is 2. The second-order valence-corrected chi connectivity index (χ2v) is 5.32. The molecule has 0 saturated carbocycles. The number of benzene rings is 1. The van der Waals surface area contributed by atoms with E-state index in [1.807, 2.05) is 4.90 Å². The fourth-order valence-corrected chi connectivity index (χ4v) is 2.22. The molecule has 0 radical (unpaired) electrons. The lowest BCUT2D eigenvalue weighted by Gasteiger charge is -2.29. The van der Waals surface area contributed by atoms with E-state index in [0.29, 0.717) is 16.3 Å². The quantitative estimate of drug-likeness (QED) is 0.803. The minimum Gasteiger partial charge on any atom is -0.399 e. The minimum absolute atomic E-state index is 0.0111. The number of nitrogen functional groups attached to an aromatic ring is 1. The predicted molar refractivity (Wildman–Crippen MR) is 81.6 cm³/mol. The van der Waals surface area contributed by atoms with Gasteiger partial charge in [-0.1, -0.05) is 31.9 Å². The molecule has 0 bridgehead atoms. The van der Waals surface area contributed by atoms with Crippen molar-refractivity contribution in [3.05, 3.63) is 28.8 Å². The molecule has 1 aromatic rings. The molecule has 0 fully saturated rings. The summed E-state index contributed by atoms with van der Waals surface area (Å²) in [6.07, 6.45) is 3.01. The molecular formula is C15H23ClN2O. The largest absolute Gasteiger partial charge is 0.399 e. The van der Waals surface area contributed by atoms with Crippen molar-refractivity contribution in [1.29, 1.82) is 0 Å². The summed E-state index contributed by atoms with van der Waals surface area (Å²) in [4.78, 5) is 14.5. The summed E-state index contributed by atoms with van der Waals surface area (Å²) in [6.45, 7) is 7.05. The summed E-state index contributed by atoms with van der Waals surface area (Å²) in [5.74, 6) is 0.0111. The average Bonchev–Trinajstić information content (AvgIpc) is 2.37. The number of unbranched alkanes of at least 4 members (excludes halogenated alkanes) is 1. The highest BCUT2D eigenvalue weighted by Crippen LogP contribution is 2.19. The zero-order valence-electron chi connectivity index (χ0n) is 11.9. The van der Waals surface area contributed by atoms with Gasteiger partial charge in [-0.05, 0) is 38.0 Å². The van der Waals surface area contributed by atoms with Crippen LogP contribution in [0.25, 0.3) is 0 Å². The standard InChI is InChI=1S/C15H23ClN2O/c1-4-6-7-18(11(3)5-2)15(19)12-8-13(16)10-14(17)9-12/h8-11H,4-7,17H2,1-3H3. The highest BCUT2D eigenvalue weighted by atomic mass is 35.5. The second kappa shape index (κ2) is 7.39. The maximum atomic E-state index is 12.6. The van der Waals surface area contributed by atoms with Gasteiger partial charge in [0.1, 0.15) is 0 Å². The number of rotatable bonds is 6. The molecule has 19 heavy (non-hydrogen) atoms. The van der Waals surface area contributed by atoms with E-state index in [2.05, 4.69) is 20.8 Å². The van der Waals surface area contributed by atoms with Crippen LogP contribution in [0, 0.1) is 0 Å². The molecule has 0 saturated heterocycles. The minimum atomic E-state index is 0.0111. The van der Waals surface area contributed by atoms with E-state index in [4.69, 9.17) is 17.3 Å². The Morgan fingerprint density at radius 1 is 1.37 bits per heavy atom. The van der Waals surface area contributed by atoms with Crippen molar-refractivity contribution in [2.45, 2.75) is 46.1 Å². The van der Waals surface area contributed by atoms with E-state index in [1.165, 1.54) is 0 Å². The first kappa shape index (κ1) is 15.8. The summed E-state index contributed by atoms with van der Waals surface area (Å²) < 4.78 is 0. The molecular weight excluding hydrogens is 260 g/mol. The smallest absolute Gasteiger partial charge is 0.254 e. The zero-order valence-corrected chi connectivity index (χ0v) is 12.7. The van der Waals surface area contributed by atoms with Crippen LogP contribution in [-0.2, 0) is 0 Å². The van der Waals surface area contributed by atoms with Gasteiger partial charge in [0, 0.05) is 28.9 Å². The number of hydrogen-bond donors (Lipinski definition) is 1. The molecule has 4 heteroatoms. The third kappa shape index (κ3) is 4.43. The molecule has 1 atom stereocenters. The van der Waals surface area contributed by atoms with Gasteiger partial charge in [-0.15, -0.1) is 0 Å². The van der Waals surface area contributed by atoms with Gasteiger partial charge in [0.15, 0.2) is 0 Å². The Labute approximate surface area is 120 Å². The molecule has 1 rings (SSSR count). The Bertz CT molecular complexity index is 414. The number of carbonyl (C=O) groups excluding carboxylic acids is 1. The molecule has 3 nitrogen and oxygen atoms in total. The topological polar surface area (TPSA) is 46.3 Å². The van der Waals surface area contributed by atoms with E-state index in [9.17, 15) is 4.79 Å². The number of nitrogens with two attached hydrogens (primary N) is 1. The van der Waals surface area contributed by atoms with Gasteiger partial charge in [0.25, 0.3) is 5.91 Å². The Hall–Kier alpha value is -1.22. The van der Waals surface area contributed by atoms with Crippen molar-refractivity contribution in [3.8, 4) is 0 Å². The Balaban J connectivity index is 2.97. The molecule has 1 unspecified atom stereocenters. The summed E-state index contributed by atoms with van der Waals surface area (Å²) >= 11 is 5.97. The molecule has 2 N–H and O–H groups in total. The van der Waals surface area contributed by atoms with Gasteiger partial charge in [-0.25, -0.2) is 0 Å². The molecule has 0 aliphatic rings. The summed E-state index contributed by atoms with van der Waals surface area (Å²) in [7, 11) is 0. The monoisotopic (exact) mass is 282 g/mol.